The van der Waals surface area contributed by atoms with Crippen LogP contribution >= 0.6 is 11.3 Å². The minimum Gasteiger partial charge on any atom is -0.330 e. The highest BCUT2D eigenvalue weighted by molar-refractivity contribution is 7.10. The van der Waals surface area contributed by atoms with E-state index in [1.54, 1.807) is 0 Å². The fraction of sp³-hybridized carbons (Fsp3) is 0.333. The van der Waals surface area contributed by atoms with E-state index in [0.717, 1.165) is 6.42 Å². The summed E-state index contributed by atoms with van der Waals surface area (Å²) in [5, 5.41) is 2.16. The van der Waals surface area contributed by atoms with Gasteiger partial charge in [-0.25, -0.2) is 0 Å². The summed E-state index contributed by atoms with van der Waals surface area (Å²) in [6.07, 6.45) is 1.06. The lowest BCUT2D eigenvalue weighted by Crippen LogP contribution is -2.14. The van der Waals surface area contributed by atoms with Crippen molar-refractivity contribution in [2.75, 3.05) is 6.54 Å². The van der Waals surface area contributed by atoms with Crippen LogP contribution in [0.25, 0.3) is 0 Å². The molecule has 0 amide bonds. The van der Waals surface area contributed by atoms with E-state index in [1.807, 2.05) is 11.3 Å². The smallest absolute Gasteiger partial charge is 0.00809 e. The van der Waals surface area contributed by atoms with E-state index < -0.39 is 0 Å². The molecule has 0 spiro atoms. The summed E-state index contributed by atoms with van der Waals surface area (Å²) in [4.78, 5) is 1.46. The molecule has 1 heterocycles. The van der Waals surface area contributed by atoms with Crippen molar-refractivity contribution in [1.82, 2.24) is 0 Å². The van der Waals surface area contributed by atoms with Crippen molar-refractivity contribution in [1.29, 1.82) is 0 Å². The summed E-state index contributed by atoms with van der Waals surface area (Å²) in [6, 6.07) is 10.9. The van der Waals surface area contributed by atoms with Crippen LogP contribution in [0.1, 0.15) is 27.5 Å². The lowest BCUT2D eigenvalue weighted by Gasteiger charge is -2.15. The number of benzene rings is 1. The van der Waals surface area contributed by atoms with Gasteiger partial charge in [0.1, 0.15) is 0 Å². The summed E-state index contributed by atoms with van der Waals surface area (Å²) >= 11 is 1.84. The van der Waals surface area contributed by atoms with Gasteiger partial charge in [-0.05, 0) is 49.4 Å². The molecular weight excluding hydrogens is 226 g/mol. The highest BCUT2D eigenvalue weighted by Gasteiger charge is 2.12. The summed E-state index contributed by atoms with van der Waals surface area (Å²) in [5.41, 5.74) is 9.96. The second-order valence-electron chi connectivity index (χ2n) is 4.57. The number of rotatable bonds is 4. The zero-order valence-electron chi connectivity index (χ0n) is 10.4. The molecule has 90 valence electrons. The number of nitrogens with two attached hydrogens (primary N) is 1. The van der Waals surface area contributed by atoms with Crippen LogP contribution in [0.3, 0.4) is 0 Å². The molecule has 1 aromatic carbocycles. The van der Waals surface area contributed by atoms with Gasteiger partial charge in [0.25, 0.3) is 0 Å². The third kappa shape index (κ3) is 2.96. The zero-order chi connectivity index (χ0) is 12.3. The van der Waals surface area contributed by atoms with Crippen molar-refractivity contribution in [3.8, 4) is 0 Å². The molecular formula is C15H19NS. The normalized spacial score (nSPS) is 12.6. The highest BCUT2D eigenvalue weighted by Crippen LogP contribution is 2.25. The van der Waals surface area contributed by atoms with Crippen molar-refractivity contribution in [2.24, 2.45) is 5.73 Å². The Kier molecular flexibility index (Phi) is 3.97. The Labute approximate surface area is 107 Å². The Hall–Kier alpha value is -1.12. The minimum atomic E-state index is 0.438. The Balaban J connectivity index is 2.17. The molecule has 0 saturated carbocycles. The quantitative estimate of drug-likeness (QED) is 0.874. The van der Waals surface area contributed by atoms with E-state index in [1.165, 1.54) is 21.6 Å². The monoisotopic (exact) mass is 245 g/mol. The van der Waals surface area contributed by atoms with Gasteiger partial charge in [0, 0.05) is 10.8 Å². The van der Waals surface area contributed by atoms with Gasteiger partial charge in [-0.3, -0.25) is 0 Å². The van der Waals surface area contributed by atoms with Gasteiger partial charge >= 0.3 is 0 Å². The van der Waals surface area contributed by atoms with Crippen LogP contribution in [0.4, 0.5) is 0 Å². The summed E-state index contributed by atoms with van der Waals surface area (Å²) in [5.74, 6) is 0.438. The van der Waals surface area contributed by atoms with Crippen LogP contribution in [-0.2, 0) is 6.42 Å². The van der Waals surface area contributed by atoms with Crippen molar-refractivity contribution < 1.29 is 0 Å². The second kappa shape index (κ2) is 5.48. The predicted molar refractivity (Wildman–Crippen MR) is 75.7 cm³/mol. The molecule has 0 saturated heterocycles. The molecule has 17 heavy (non-hydrogen) atoms. The van der Waals surface area contributed by atoms with Crippen LogP contribution in [0.2, 0.25) is 0 Å². The molecule has 2 rings (SSSR count). The second-order valence-corrected chi connectivity index (χ2v) is 5.57. The SMILES string of the molecule is Cc1ccc(C(CN)Cc2sccc2C)cc1. The molecule has 0 aliphatic heterocycles. The number of thiophene rings is 1. The molecule has 0 radical (unpaired) electrons. The molecule has 0 aliphatic carbocycles. The standard InChI is InChI=1S/C15H19NS/c1-11-3-5-13(6-4-11)14(10-16)9-15-12(2)7-8-17-15/h3-8,14H,9-10,16H2,1-2H3. The molecule has 1 aromatic heterocycles. The molecule has 0 fully saturated rings. The van der Waals surface area contributed by atoms with E-state index in [9.17, 15) is 0 Å². The lowest BCUT2D eigenvalue weighted by atomic mass is 9.93. The fourth-order valence-electron chi connectivity index (χ4n) is 2.01. The molecule has 0 bridgehead atoms. The number of hydrogen-bond acceptors (Lipinski definition) is 2. The van der Waals surface area contributed by atoms with Gasteiger partial charge in [-0.15, -0.1) is 11.3 Å². The Morgan fingerprint density at radius 1 is 1.12 bits per heavy atom. The Morgan fingerprint density at radius 2 is 1.82 bits per heavy atom. The van der Waals surface area contributed by atoms with E-state index in [4.69, 9.17) is 5.73 Å². The average molecular weight is 245 g/mol. The molecule has 2 heteroatoms. The minimum absolute atomic E-state index is 0.438. The topological polar surface area (TPSA) is 26.0 Å². The first-order valence-corrected chi connectivity index (χ1v) is 6.88. The molecule has 1 unspecified atom stereocenters. The van der Waals surface area contributed by atoms with Crippen LogP contribution in [0, 0.1) is 13.8 Å². The first-order chi connectivity index (χ1) is 8.20. The highest BCUT2D eigenvalue weighted by atomic mass is 32.1. The number of aryl methyl sites for hydroxylation is 2. The van der Waals surface area contributed by atoms with Crippen LogP contribution in [0.15, 0.2) is 35.7 Å². The first-order valence-electron chi connectivity index (χ1n) is 6.00. The molecule has 0 aliphatic rings. The van der Waals surface area contributed by atoms with E-state index >= 15 is 0 Å². The maximum atomic E-state index is 5.91. The average Bonchev–Trinajstić information content (AvgIpc) is 2.73. The van der Waals surface area contributed by atoms with E-state index in [-0.39, 0.29) is 0 Å². The van der Waals surface area contributed by atoms with E-state index in [0.29, 0.717) is 12.5 Å². The van der Waals surface area contributed by atoms with Gasteiger partial charge in [-0.2, -0.15) is 0 Å². The third-order valence-electron chi connectivity index (χ3n) is 3.23. The lowest BCUT2D eigenvalue weighted by molar-refractivity contribution is 0.699. The summed E-state index contributed by atoms with van der Waals surface area (Å²) < 4.78 is 0. The Morgan fingerprint density at radius 3 is 2.35 bits per heavy atom. The van der Waals surface area contributed by atoms with Crippen LogP contribution in [0.5, 0.6) is 0 Å². The van der Waals surface area contributed by atoms with Gasteiger partial charge < -0.3 is 5.73 Å². The van der Waals surface area contributed by atoms with Crippen molar-refractivity contribution in [2.45, 2.75) is 26.2 Å². The maximum absolute atomic E-state index is 5.91. The van der Waals surface area contributed by atoms with Gasteiger partial charge in [-0.1, -0.05) is 29.8 Å². The molecule has 1 nitrogen and oxygen atoms in total. The molecule has 2 aromatic rings. The van der Waals surface area contributed by atoms with Crippen molar-refractivity contribution in [3.05, 3.63) is 57.3 Å². The number of hydrogen-bond donors (Lipinski definition) is 1. The van der Waals surface area contributed by atoms with Gasteiger partial charge in [0.05, 0.1) is 0 Å². The first kappa shape index (κ1) is 12.3. The maximum Gasteiger partial charge on any atom is 0.00809 e. The zero-order valence-corrected chi connectivity index (χ0v) is 11.3. The van der Waals surface area contributed by atoms with Gasteiger partial charge in [0.2, 0.25) is 0 Å². The molecule has 2 N–H and O–H groups in total. The van der Waals surface area contributed by atoms with Gasteiger partial charge in [0.15, 0.2) is 0 Å². The van der Waals surface area contributed by atoms with Crippen molar-refractivity contribution >= 4 is 11.3 Å². The summed E-state index contributed by atoms with van der Waals surface area (Å²) in [7, 11) is 0. The predicted octanol–water partition coefficient (Wildman–Crippen LogP) is 3.65. The van der Waals surface area contributed by atoms with E-state index in [2.05, 4.69) is 49.6 Å². The fourth-order valence-corrected chi connectivity index (χ4v) is 3.00. The van der Waals surface area contributed by atoms with Crippen LogP contribution in [-0.4, -0.2) is 6.54 Å². The van der Waals surface area contributed by atoms with Crippen molar-refractivity contribution in [3.63, 3.8) is 0 Å². The van der Waals surface area contributed by atoms with Crippen LogP contribution < -0.4 is 5.73 Å². The molecule has 1 atom stereocenters. The largest absolute Gasteiger partial charge is 0.330 e. The Bertz CT molecular complexity index is 470. The summed E-state index contributed by atoms with van der Waals surface area (Å²) in [6.45, 7) is 5.00. The third-order valence-corrected chi connectivity index (χ3v) is 4.28.